The molecule has 1 heterocycles. The third kappa shape index (κ3) is 2.79. The van der Waals surface area contributed by atoms with Gasteiger partial charge in [0.25, 0.3) is 10.0 Å². The Balaban J connectivity index is 2.19. The summed E-state index contributed by atoms with van der Waals surface area (Å²) in [7, 11) is -3.99. The van der Waals surface area contributed by atoms with Gasteiger partial charge in [0, 0.05) is 6.42 Å². The van der Waals surface area contributed by atoms with E-state index in [9.17, 15) is 17.6 Å². The molecule has 3 rings (SSSR count). The first-order valence-corrected chi connectivity index (χ1v) is 8.52. The fourth-order valence-electron chi connectivity index (χ4n) is 2.67. The fourth-order valence-corrected chi connectivity index (χ4v) is 4.37. The Bertz CT molecular complexity index is 867. The number of amides is 1. The lowest BCUT2D eigenvalue weighted by molar-refractivity contribution is -0.116. The molecule has 120 valence electrons. The molecule has 1 aliphatic rings. The van der Waals surface area contributed by atoms with Crippen molar-refractivity contribution in [1.29, 1.82) is 0 Å². The lowest BCUT2D eigenvalue weighted by Crippen LogP contribution is -2.39. The van der Waals surface area contributed by atoms with Crippen LogP contribution in [-0.2, 0) is 14.8 Å². The molecule has 23 heavy (non-hydrogen) atoms. The van der Waals surface area contributed by atoms with Crippen LogP contribution >= 0.6 is 0 Å². The number of carbonyl (C=O) groups excluding carboxylic acids is 1. The van der Waals surface area contributed by atoms with E-state index in [0.29, 0.717) is 11.4 Å². The average Bonchev–Trinajstić information content (AvgIpc) is 2.61. The number of para-hydroxylation sites is 2. The topological polar surface area (TPSA) is 66.5 Å². The molecule has 2 aromatic carbocycles. The summed E-state index contributed by atoms with van der Waals surface area (Å²) in [6, 6.07) is 10.9. The SMILES string of the molecule is C[C@@H]1CC(=O)Nc2ccccc2N1S(=O)(=O)c1cccc(F)c1. The van der Waals surface area contributed by atoms with Crippen LogP contribution in [0, 0.1) is 5.82 Å². The number of benzene rings is 2. The second kappa shape index (κ2) is 5.66. The molecule has 1 N–H and O–H groups in total. The molecule has 0 fully saturated rings. The highest BCUT2D eigenvalue weighted by Crippen LogP contribution is 2.35. The summed E-state index contributed by atoms with van der Waals surface area (Å²) in [5, 5.41) is 2.70. The van der Waals surface area contributed by atoms with E-state index in [0.717, 1.165) is 6.07 Å². The van der Waals surface area contributed by atoms with Crippen molar-refractivity contribution in [2.24, 2.45) is 0 Å². The predicted molar refractivity (Wildman–Crippen MR) is 85.2 cm³/mol. The van der Waals surface area contributed by atoms with Gasteiger partial charge in [0.15, 0.2) is 0 Å². The summed E-state index contributed by atoms with van der Waals surface area (Å²) in [5.41, 5.74) is 0.789. The van der Waals surface area contributed by atoms with Crippen LogP contribution in [0.25, 0.3) is 0 Å². The normalized spacial score (nSPS) is 18.1. The molecule has 0 radical (unpaired) electrons. The number of carbonyl (C=O) groups is 1. The molecule has 1 amide bonds. The standard InChI is InChI=1S/C16H15FN2O3S/c1-11-9-16(20)18-14-7-2-3-8-15(14)19(11)23(21,22)13-6-4-5-12(17)10-13/h2-8,10-11H,9H2,1H3,(H,18,20)/t11-/m1/s1. The number of hydrogen-bond acceptors (Lipinski definition) is 3. The van der Waals surface area contributed by atoms with Crippen LogP contribution in [0.1, 0.15) is 13.3 Å². The van der Waals surface area contributed by atoms with E-state index in [4.69, 9.17) is 0 Å². The quantitative estimate of drug-likeness (QED) is 0.918. The van der Waals surface area contributed by atoms with Crippen molar-refractivity contribution in [1.82, 2.24) is 0 Å². The van der Waals surface area contributed by atoms with Gasteiger partial charge in [-0.3, -0.25) is 9.10 Å². The molecule has 0 unspecified atom stereocenters. The van der Waals surface area contributed by atoms with Gasteiger partial charge in [0.05, 0.1) is 22.3 Å². The van der Waals surface area contributed by atoms with Crippen molar-refractivity contribution < 1.29 is 17.6 Å². The molecule has 0 spiro atoms. The highest BCUT2D eigenvalue weighted by molar-refractivity contribution is 7.92. The number of nitrogens with zero attached hydrogens (tertiary/aromatic N) is 1. The molecule has 5 nitrogen and oxygen atoms in total. The van der Waals surface area contributed by atoms with Crippen molar-refractivity contribution in [2.75, 3.05) is 9.62 Å². The Hall–Kier alpha value is -2.41. The molecular weight excluding hydrogens is 319 g/mol. The summed E-state index contributed by atoms with van der Waals surface area (Å²) in [4.78, 5) is 11.8. The average molecular weight is 334 g/mol. The summed E-state index contributed by atoms with van der Waals surface area (Å²) in [6.45, 7) is 1.65. The van der Waals surface area contributed by atoms with Crippen LogP contribution in [0.4, 0.5) is 15.8 Å². The molecule has 2 aromatic rings. The fraction of sp³-hybridized carbons (Fsp3) is 0.188. The molecule has 0 saturated heterocycles. The van der Waals surface area contributed by atoms with Gasteiger partial charge in [0.2, 0.25) is 5.91 Å². The van der Waals surface area contributed by atoms with Crippen molar-refractivity contribution in [3.05, 3.63) is 54.3 Å². The first kappa shape index (κ1) is 15.5. The smallest absolute Gasteiger partial charge is 0.264 e. The van der Waals surface area contributed by atoms with Crippen molar-refractivity contribution in [3.8, 4) is 0 Å². The minimum Gasteiger partial charge on any atom is -0.324 e. The summed E-state index contributed by atoms with van der Waals surface area (Å²) in [6.07, 6.45) is 0.0171. The number of halogens is 1. The van der Waals surface area contributed by atoms with Crippen molar-refractivity contribution >= 4 is 27.3 Å². The maximum absolute atomic E-state index is 13.5. The van der Waals surface area contributed by atoms with Crippen LogP contribution in [0.15, 0.2) is 53.4 Å². The monoisotopic (exact) mass is 334 g/mol. The molecule has 1 aliphatic heterocycles. The minimum atomic E-state index is -3.99. The lowest BCUT2D eigenvalue weighted by Gasteiger charge is -2.29. The number of nitrogens with one attached hydrogen (secondary N) is 1. The Morgan fingerprint density at radius 3 is 2.65 bits per heavy atom. The van der Waals surface area contributed by atoms with Gasteiger partial charge in [-0.25, -0.2) is 12.8 Å². The maximum atomic E-state index is 13.5. The molecule has 0 saturated carbocycles. The first-order chi connectivity index (χ1) is 10.9. The van der Waals surface area contributed by atoms with Gasteiger partial charge in [-0.05, 0) is 37.3 Å². The maximum Gasteiger partial charge on any atom is 0.264 e. The zero-order chi connectivity index (χ0) is 16.6. The van der Waals surface area contributed by atoms with Gasteiger partial charge < -0.3 is 5.32 Å². The number of rotatable bonds is 2. The Morgan fingerprint density at radius 1 is 1.17 bits per heavy atom. The minimum absolute atomic E-state index is 0.0171. The largest absolute Gasteiger partial charge is 0.324 e. The van der Waals surface area contributed by atoms with Crippen LogP contribution in [0.2, 0.25) is 0 Å². The van der Waals surface area contributed by atoms with Crippen molar-refractivity contribution in [3.63, 3.8) is 0 Å². The first-order valence-electron chi connectivity index (χ1n) is 7.08. The van der Waals surface area contributed by atoms with Gasteiger partial charge in [-0.2, -0.15) is 0 Å². The van der Waals surface area contributed by atoms with Gasteiger partial charge >= 0.3 is 0 Å². The van der Waals surface area contributed by atoms with Crippen LogP contribution in [-0.4, -0.2) is 20.4 Å². The number of anilines is 2. The zero-order valence-corrected chi connectivity index (χ0v) is 13.2. The molecule has 0 aliphatic carbocycles. The van der Waals surface area contributed by atoms with Crippen LogP contribution in [0.5, 0.6) is 0 Å². The van der Waals surface area contributed by atoms with E-state index in [1.54, 1.807) is 31.2 Å². The predicted octanol–water partition coefficient (Wildman–Crippen LogP) is 2.75. The molecular formula is C16H15FN2O3S. The van der Waals surface area contributed by atoms with Crippen LogP contribution in [0.3, 0.4) is 0 Å². The zero-order valence-electron chi connectivity index (χ0n) is 12.4. The van der Waals surface area contributed by atoms with E-state index in [2.05, 4.69) is 5.32 Å². The number of fused-ring (bicyclic) bond motifs is 1. The number of hydrogen-bond donors (Lipinski definition) is 1. The third-order valence-corrected chi connectivity index (χ3v) is 5.57. The highest BCUT2D eigenvalue weighted by Gasteiger charge is 2.34. The van der Waals surface area contributed by atoms with E-state index in [1.165, 1.54) is 22.5 Å². The second-order valence-corrected chi connectivity index (χ2v) is 7.19. The van der Waals surface area contributed by atoms with E-state index in [1.807, 2.05) is 0 Å². The molecule has 0 bridgehead atoms. The van der Waals surface area contributed by atoms with Gasteiger partial charge in [-0.15, -0.1) is 0 Å². The van der Waals surface area contributed by atoms with Gasteiger partial charge in [-0.1, -0.05) is 18.2 Å². The third-order valence-electron chi connectivity index (χ3n) is 3.65. The lowest BCUT2D eigenvalue weighted by atomic mass is 10.2. The Kier molecular flexibility index (Phi) is 3.81. The van der Waals surface area contributed by atoms with E-state index >= 15 is 0 Å². The second-order valence-electron chi connectivity index (χ2n) is 5.38. The summed E-state index contributed by atoms with van der Waals surface area (Å²) in [5.74, 6) is -0.891. The Morgan fingerprint density at radius 2 is 1.91 bits per heavy atom. The summed E-state index contributed by atoms with van der Waals surface area (Å²) >= 11 is 0. The highest BCUT2D eigenvalue weighted by atomic mass is 32.2. The molecule has 0 aromatic heterocycles. The number of sulfonamides is 1. The van der Waals surface area contributed by atoms with Crippen LogP contribution < -0.4 is 9.62 Å². The van der Waals surface area contributed by atoms with Crippen molar-refractivity contribution in [2.45, 2.75) is 24.3 Å². The van der Waals surface area contributed by atoms with E-state index < -0.39 is 21.9 Å². The summed E-state index contributed by atoms with van der Waals surface area (Å²) < 4.78 is 40.6. The molecule has 1 atom stereocenters. The molecule has 7 heteroatoms. The van der Waals surface area contributed by atoms with Gasteiger partial charge in [0.1, 0.15) is 5.82 Å². The Labute approximate surface area is 133 Å². The van der Waals surface area contributed by atoms with E-state index in [-0.39, 0.29) is 17.2 Å².